The van der Waals surface area contributed by atoms with Crippen LogP contribution >= 0.6 is 34.4 Å². The first-order chi connectivity index (χ1) is 8.74. The van der Waals surface area contributed by atoms with E-state index in [9.17, 15) is 0 Å². The number of thioether (sulfide) groups is 1. The average Bonchev–Trinajstić information content (AvgIpc) is 2.42. The largest absolute Gasteiger partial charge is 0.369 e. The maximum Gasteiger partial charge on any atom is 0.161 e. The summed E-state index contributed by atoms with van der Waals surface area (Å²) in [5.74, 6) is 1.66. The Morgan fingerprint density at radius 1 is 1.28 bits per heavy atom. The average molecular weight is 371 g/mol. The molecule has 0 atom stereocenters. The molecule has 2 rings (SSSR count). The normalized spacial score (nSPS) is 10.4. The summed E-state index contributed by atoms with van der Waals surface area (Å²) in [5, 5.41) is 3.25. The van der Waals surface area contributed by atoms with Gasteiger partial charge in [0.1, 0.15) is 5.82 Å². The van der Waals surface area contributed by atoms with Gasteiger partial charge in [0.25, 0.3) is 0 Å². The molecule has 18 heavy (non-hydrogen) atoms. The first-order valence-corrected chi connectivity index (χ1v) is 7.95. The quantitative estimate of drug-likeness (QED) is 0.654. The standard InChI is InChI=1S/C13H14IN3S/c1-3-15-13-11(14)8-16-12(17-13)9-4-6-10(18-2)7-5-9/h4-8H,3H2,1-2H3,(H,15,16,17). The second-order valence-electron chi connectivity index (χ2n) is 3.65. The van der Waals surface area contributed by atoms with E-state index in [1.165, 1.54) is 4.90 Å². The molecule has 5 heteroatoms. The van der Waals surface area contributed by atoms with Gasteiger partial charge in [0, 0.05) is 23.2 Å². The highest BCUT2D eigenvalue weighted by molar-refractivity contribution is 14.1. The Hall–Kier alpha value is -0.820. The third-order valence-electron chi connectivity index (χ3n) is 2.44. The molecular weight excluding hydrogens is 357 g/mol. The number of nitrogens with zero attached hydrogens (tertiary/aromatic N) is 2. The van der Waals surface area contributed by atoms with Crippen molar-refractivity contribution in [3.8, 4) is 11.4 Å². The molecule has 0 amide bonds. The predicted molar refractivity (Wildman–Crippen MR) is 86.1 cm³/mol. The maximum atomic E-state index is 4.55. The van der Waals surface area contributed by atoms with Crippen molar-refractivity contribution in [1.82, 2.24) is 9.97 Å². The Kier molecular flexibility index (Phi) is 4.82. The van der Waals surface area contributed by atoms with Crippen molar-refractivity contribution >= 4 is 40.2 Å². The van der Waals surface area contributed by atoms with Gasteiger partial charge in [-0.05, 0) is 47.9 Å². The highest BCUT2D eigenvalue weighted by Gasteiger charge is 2.06. The fraction of sp³-hybridized carbons (Fsp3) is 0.231. The van der Waals surface area contributed by atoms with Crippen LogP contribution in [0.5, 0.6) is 0 Å². The zero-order valence-corrected chi connectivity index (χ0v) is 13.2. The highest BCUT2D eigenvalue weighted by Crippen LogP contribution is 2.23. The molecule has 0 spiro atoms. The summed E-state index contributed by atoms with van der Waals surface area (Å²) in [6.45, 7) is 2.92. The number of hydrogen-bond acceptors (Lipinski definition) is 4. The second-order valence-corrected chi connectivity index (χ2v) is 5.69. The molecule has 0 aliphatic heterocycles. The van der Waals surface area contributed by atoms with Crippen molar-refractivity contribution in [3.63, 3.8) is 0 Å². The molecule has 0 radical (unpaired) electrons. The Labute approximate surface area is 125 Å². The highest BCUT2D eigenvalue weighted by atomic mass is 127. The number of anilines is 1. The minimum atomic E-state index is 0.763. The minimum Gasteiger partial charge on any atom is -0.369 e. The van der Waals surface area contributed by atoms with Crippen LogP contribution in [0.15, 0.2) is 35.4 Å². The predicted octanol–water partition coefficient (Wildman–Crippen LogP) is 3.90. The van der Waals surface area contributed by atoms with Gasteiger partial charge in [0.15, 0.2) is 5.82 Å². The molecular formula is C13H14IN3S. The molecule has 1 heterocycles. The number of nitrogens with one attached hydrogen (secondary N) is 1. The van der Waals surface area contributed by atoms with Crippen LogP contribution in [0.4, 0.5) is 5.82 Å². The Bertz CT molecular complexity index is 528. The Morgan fingerprint density at radius 3 is 2.61 bits per heavy atom. The van der Waals surface area contributed by atoms with Crippen LogP contribution < -0.4 is 5.32 Å². The van der Waals surface area contributed by atoms with E-state index in [2.05, 4.69) is 75.3 Å². The van der Waals surface area contributed by atoms with Gasteiger partial charge in [-0.1, -0.05) is 12.1 Å². The molecule has 0 saturated heterocycles. The molecule has 0 saturated carbocycles. The van der Waals surface area contributed by atoms with Crippen molar-refractivity contribution < 1.29 is 0 Å². The minimum absolute atomic E-state index is 0.763. The third-order valence-corrected chi connectivity index (χ3v) is 3.97. The van der Waals surface area contributed by atoms with Crippen LogP contribution in [0.3, 0.4) is 0 Å². The van der Waals surface area contributed by atoms with Crippen molar-refractivity contribution in [2.75, 3.05) is 18.1 Å². The molecule has 0 aliphatic rings. The van der Waals surface area contributed by atoms with E-state index >= 15 is 0 Å². The summed E-state index contributed by atoms with van der Waals surface area (Å²) in [6, 6.07) is 8.30. The van der Waals surface area contributed by atoms with Crippen molar-refractivity contribution in [3.05, 3.63) is 34.0 Å². The number of rotatable bonds is 4. The Balaban J connectivity index is 2.34. The summed E-state index contributed by atoms with van der Waals surface area (Å²) in [5.41, 5.74) is 1.04. The monoisotopic (exact) mass is 371 g/mol. The zero-order chi connectivity index (χ0) is 13.0. The van der Waals surface area contributed by atoms with E-state index in [0.717, 1.165) is 27.3 Å². The molecule has 94 valence electrons. The van der Waals surface area contributed by atoms with E-state index in [0.29, 0.717) is 0 Å². The molecule has 1 aromatic carbocycles. The molecule has 1 aromatic heterocycles. The van der Waals surface area contributed by atoms with Crippen LogP contribution in [-0.4, -0.2) is 22.8 Å². The SMILES string of the molecule is CCNc1nc(-c2ccc(SC)cc2)ncc1I. The van der Waals surface area contributed by atoms with E-state index in [1.807, 2.05) is 6.20 Å². The van der Waals surface area contributed by atoms with Gasteiger partial charge in [0.2, 0.25) is 0 Å². The summed E-state index contributed by atoms with van der Waals surface area (Å²) in [4.78, 5) is 10.2. The van der Waals surface area contributed by atoms with Crippen molar-refractivity contribution in [2.24, 2.45) is 0 Å². The number of halogens is 1. The summed E-state index contributed by atoms with van der Waals surface area (Å²) in [6.07, 6.45) is 3.92. The van der Waals surface area contributed by atoms with Gasteiger partial charge in [-0.15, -0.1) is 11.8 Å². The number of hydrogen-bond donors (Lipinski definition) is 1. The topological polar surface area (TPSA) is 37.8 Å². The molecule has 0 fully saturated rings. The second kappa shape index (κ2) is 6.38. The van der Waals surface area contributed by atoms with E-state index in [4.69, 9.17) is 0 Å². The van der Waals surface area contributed by atoms with Gasteiger partial charge in [0.05, 0.1) is 3.57 Å². The number of benzene rings is 1. The van der Waals surface area contributed by atoms with E-state index < -0.39 is 0 Å². The lowest BCUT2D eigenvalue weighted by Gasteiger charge is -2.07. The first kappa shape index (κ1) is 13.6. The van der Waals surface area contributed by atoms with Crippen LogP contribution in [0.25, 0.3) is 11.4 Å². The fourth-order valence-electron chi connectivity index (χ4n) is 1.54. The molecule has 0 aliphatic carbocycles. The smallest absolute Gasteiger partial charge is 0.161 e. The lowest BCUT2D eigenvalue weighted by molar-refractivity contribution is 1.10. The molecule has 3 nitrogen and oxygen atoms in total. The lowest BCUT2D eigenvalue weighted by Crippen LogP contribution is -2.03. The van der Waals surface area contributed by atoms with Crippen molar-refractivity contribution in [1.29, 1.82) is 0 Å². The van der Waals surface area contributed by atoms with Gasteiger partial charge in [-0.3, -0.25) is 0 Å². The zero-order valence-electron chi connectivity index (χ0n) is 10.3. The van der Waals surface area contributed by atoms with E-state index in [-0.39, 0.29) is 0 Å². The van der Waals surface area contributed by atoms with Crippen molar-refractivity contribution in [2.45, 2.75) is 11.8 Å². The van der Waals surface area contributed by atoms with E-state index in [1.54, 1.807) is 11.8 Å². The Morgan fingerprint density at radius 2 is 2.00 bits per heavy atom. The first-order valence-electron chi connectivity index (χ1n) is 5.65. The van der Waals surface area contributed by atoms with Gasteiger partial charge in [-0.2, -0.15) is 0 Å². The molecule has 2 aromatic rings. The summed E-state index contributed by atoms with van der Waals surface area (Å²) < 4.78 is 1.04. The van der Waals surface area contributed by atoms with Crippen LogP contribution in [0.2, 0.25) is 0 Å². The summed E-state index contributed by atoms with van der Waals surface area (Å²) >= 11 is 3.97. The molecule has 1 N–H and O–H groups in total. The van der Waals surface area contributed by atoms with Gasteiger partial charge < -0.3 is 5.32 Å². The summed E-state index contributed by atoms with van der Waals surface area (Å²) in [7, 11) is 0. The fourth-order valence-corrected chi connectivity index (χ4v) is 2.40. The van der Waals surface area contributed by atoms with Gasteiger partial charge in [-0.25, -0.2) is 9.97 Å². The van der Waals surface area contributed by atoms with Crippen LogP contribution in [0.1, 0.15) is 6.92 Å². The number of aromatic nitrogens is 2. The lowest BCUT2D eigenvalue weighted by atomic mass is 10.2. The molecule has 0 bridgehead atoms. The van der Waals surface area contributed by atoms with Crippen LogP contribution in [0, 0.1) is 3.57 Å². The van der Waals surface area contributed by atoms with Crippen LogP contribution in [-0.2, 0) is 0 Å². The molecule has 0 unspecified atom stereocenters. The third kappa shape index (κ3) is 3.14. The maximum absolute atomic E-state index is 4.55. The van der Waals surface area contributed by atoms with Gasteiger partial charge >= 0.3 is 0 Å².